The molecule has 1 aromatic carbocycles. The third-order valence-corrected chi connectivity index (χ3v) is 5.64. The highest BCUT2D eigenvalue weighted by atomic mass is 32.1. The lowest BCUT2D eigenvalue weighted by Crippen LogP contribution is -2.31. The maximum absolute atomic E-state index is 12.9. The molecule has 0 bridgehead atoms. The van der Waals surface area contributed by atoms with E-state index in [9.17, 15) is 14.7 Å². The fourth-order valence-electron chi connectivity index (χ4n) is 3.26. The van der Waals surface area contributed by atoms with Crippen LogP contribution < -0.4 is 4.90 Å². The summed E-state index contributed by atoms with van der Waals surface area (Å²) in [5, 5.41) is 12.5. The van der Waals surface area contributed by atoms with Crippen LogP contribution in [0.2, 0.25) is 0 Å². The van der Waals surface area contributed by atoms with Crippen LogP contribution in [0.3, 0.4) is 0 Å². The first kappa shape index (κ1) is 18.4. The van der Waals surface area contributed by atoms with Gasteiger partial charge in [-0.2, -0.15) is 0 Å². The predicted octanol–water partition coefficient (Wildman–Crippen LogP) is 4.88. The molecule has 1 aromatic heterocycles. The standard InChI is InChI=1S/C21H23NO3S/c1-12(2)11-16(23)17-18(20-14(4)9-10-26-20)22(21(25)19(17)24)15-7-5-13(3)6-8-15/h5-10,12,18,24H,11H2,1-4H3. The van der Waals surface area contributed by atoms with Gasteiger partial charge in [0.25, 0.3) is 5.91 Å². The number of ketones is 1. The van der Waals surface area contributed by atoms with Crippen LogP contribution in [0.4, 0.5) is 5.69 Å². The third kappa shape index (κ3) is 3.19. The van der Waals surface area contributed by atoms with Crippen molar-refractivity contribution < 1.29 is 14.7 Å². The van der Waals surface area contributed by atoms with E-state index in [0.717, 1.165) is 16.0 Å². The van der Waals surface area contributed by atoms with Crippen LogP contribution >= 0.6 is 11.3 Å². The maximum atomic E-state index is 12.9. The van der Waals surface area contributed by atoms with Gasteiger partial charge >= 0.3 is 0 Å². The molecular weight excluding hydrogens is 346 g/mol. The number of carbonyl (C=O) groups is 2. The molecule has 136 valence electrons. The normalized spacial score (nSPS) is 17.5. The Labute approximate surface area is 157 Å². The zero-order valence-electron chi connectivity index (χ0n) is 15.4. The van der Waals surface area contributed by atoms with E-state index in [0.29, 0.717) is 12.1 Å². The van der Waals surface area contributed by atoms with Crippen LogP contribution in [-0.2, 0) is 9.59 Å². The first-order chi connectivity index (χ1) is 12.3. The van der Waals surface area contributed by atoms with Crippen molar-refractivity contribution in [2.24, 2.45) is 5.92 Å². The summed E-state index contributed by atoms with van der Waals surface area (Å²) in [5.74, 6) is -0.956. The van der Waals surface area contributed by atoms with Gasteiger partial charge in [0, 0.05) is 17.0 Å². The Hall–Kier alpha value is -2.40. The molecule has 2 heterocycles. The fraction of sp³-hybridized carbons (Fsp3) is 0.333. The molecule has 1 aliphatic heterocycles. The van der Waals surface area contributed by atoms with Gasteiger partial charge in [-0.25, -0.2) is 0 Å². The van der Waals surface area contributed by atoms with Crippen LogP contribution in [0.5, 0.6) is 0 Å². The van der Waals surface area contributed by atoms with Gasteiger partial charge in [0.05, 0.1) is 5.57 Å². The van der Waals surface area contributed by atoms with Gasteiger partial charge in [-0.05, 0) is 48.9 Å². The number of Topliss-reactive ketones (excluding diaryl/α,β-unsaturated/α-hetero) is 1. The van der Waals surface area contributed by atoms with Crippen LogP contribution in [0.25, 0.3) is 0 Å². The van der Waals surface area contributed by atoms with Crippen molar-refractivity contribution in [2.75, 3.05) is 4.90 Å². The van der Waals surface area contributed by atoms with Crippen LogP contribution in [0, 0.1) is 19.8 Å². The summed E-state index contributed by atoms with van der Waals surface area (Å²) in [6.07, 6.45) is 0.301. The van der Waals surface area contributed by atoms with Crippen molar-refractivity contribution in [3.8, 4) is 0 Å². The van der Waals surface area contributed by atoms with Gasteiger partial charge in [-0.1, -0.05) is 31.5 Å². The molecule has 0 saturated heterocycles. The minimum Gasteiger partial charge on any atom is -0.503 e. The van der Waals surface area contributed by atoms with Crippen LogP contribution in [0.1, 0.15) is 42.3 Å². The number of aryl methyl sites for hydroxylation is 2. The quantitative estimate of drug-likeness (QED) is 0.817. The van der Waals surface area contributed by atoms with Crippen molar-refractivity contribution in [1.29, 1.82) is 0 Å². The monoisotopic (exact) mass is 369 g/mol. The number of rotatable bonds is 5. The number of thiophene rings is 1. The summed E-state index contributed by atoms with van der Waals surface area (Å²) in [6.45, 7) is 7.85. The molecule has 5 heteroatoms. The molecule has 1 unspecified atom stereocenters. The minimum absolute atomic E-state index is 0.149. The fourth-order valence-corrected chi connectivity index (χ4v) is 4.28. The van der Waals surface area contributed by atoms with E-state index in [1.165, 1.54) is 11.3 Å². The first-order valence-electron chi connectivity index (χ1n) is 8.71. The van der Waals surface area contributed by atoms with E-state index in [2.05, 4.69) is 0 Å². The molecule has 4 nitrogen and oxygen atoms in total. The third-order valence-electron chi connectivity index (χ3n) is 4.56. The molecule has 0 spiro atoms. The molecule has 0 radical (unpaired) electrons. The summed E-state index contributed by atoms with van der Waals surface area (Å²) in [6, 6.07) is 8.95. The Morgan fingerprint density at radius 2 is 1.85 bits per heavy atom. The number of carbonyl (C=O) groups excluding carboxylic acids is 2. The molecule has 1 amide bonds. The Bertz CT molecular complexity index is 877. The highest BCUT2D eigenvalue weighted by Crippen LogP contribution is 2.44. The van der Waals surface area contributed by atoms with Gasteiger partial charge in [0.15, 0.2) is 11.5 Å². The Morgan fingerprint density at radius 1 is 1.19 bits per heavy atom. The van der Waals surface area contributed by atoms with Gasteiger partial charge in [0.2, 0.25) is 0 Å². The predicted molar refractivity (Wildman–Crippen MR) is 105 cm³/mol. The van der Waals surface area contributed by atoms with Crippen LogP contribution in [-0.4, -0.2) is 16.8 Å². The number of benzene rings is 1. The van der Waals surface area contributed by atoms with Crippen molar-refractivity contribution in [1.82, 2.24) is 0 Å². The lowest BCUT2D eigenvalue weighted by atomic mass is 9.94. The summed E-state index contributed by atoms with van der Waals surface area (Å²) in [5.41, 5.74) is 2.99. The van der Waals surface area contributed by atoms with Gasteiger partial charge in [-0.3, -0.25) is 14.5 Å². The number of hydrogen-bond acceptors (Lipinski definition) is 4. The highest BCUT2D eigenvalue weighted by molar-refractivity contribution is 7.10. The Balaban J connectivity index is 2.14. The molecule has 1 atom stereocenters. The van der Waals surface area contributed by atoms with E-state index < -0.39 is 17.7 Å². The number of anilines is 1. The highest BCUT2D eigenvalue weighted by Gasteiger charge is 2.45. The smallest absolute Gasteiger partial charge is 0.294 e. The largest absolute Gasteiger partial charge is 0.503 e. The van der Waals surface area contributed by atoms with Crippen molar-refractivity contribution in [2.45, 2.75) is 40.2 Å². The van der Waals surface area contributed by atoms with Gasteiger partial charge in [-0.15, -0.1) is 11.3 Å². The van der Waals surface area contributed by atoms with E-state index in [-0.39, 0.29) is 17.3 Å². The van der Waals surface area contributed by atoms with Crippen molar-refractivity contribution >= 4 is 28.7 Å². The first-order valence-corrected chi connectivity index (χ1v) is 9.59. The average molecular weight is 369 g/mol. The molecule has 0 saturated carbocycles. The molecule has 0 fully saturated rings. The second-order valence-electron chi connectivity index (χ2n) is 7.16. The second kappa shape index (κ2) is 7.08. The van der Waals surface area contributed by atoms with Crippen molar-refractivity contribution in [3.63, 3.8) is 0 Å². The average Bonchev–Trinajstić information content (AvgIpc) is 3.10. The lowest BCUT2D eigenvalue weighted by molar-refractivity contribution is -0.118. The number of aliphatic hydroxyl groups excluding tert-OH is 1. The lowest BCUT2D eigenvalue weighted by Gasteiger charge is -2.26. The molecule has 3 rings (SSSR count). The van der Waals surface area contributed by atoms with E-state index in [1.54, 1.807) is 4.90 Å². The van der Waals surface area contributed by atoms with Gasteiger partial charge < -0.3 is 5.11 Å². The summed E-state index contributed by atoms with van der Waals surface area (Å²) in [7, 11) is 0. The number of nitrogens with zero attached hydrogens (tertiary/aromatic N) is 1. The second-order valence-corrected chi connectivity index (χ2v) is 8.11. The number of aliphatic hydroxyl groups is 1. The SMILES string of the molecule is Cc1ccc(N2C(=O)C(O)=C(C(=O)CC(C)C)C2c2sccc2C)cc1. The summed E-state index contributed by atoms with van der Waals surface area (Å²) < 4.78 is 0. The minimum atomic E-state index is -0.573. The molecule has 26 heavy (non-hydrogen) atoms. The van der Waals surface area contributed by atoms with Gasteiger partial charge in [0.1, 0.15) is 6.04 Å². The Morgan fingerprint density at radius 3 is 2.38 bits per heavy atom. The molecular formula is C21H23NO3S. The number of hydrogen-bond donors (Lipinski definition) is 1. The zero-order valence-corrected chi connectivity index (χ0v) is 16.3. The number of amides is 1. The van der Waals surface area contributed by atoms with E-state index >= 15 is 0 Å². The van der Waals surface area contributed by atoms with Crippen LogP contribution in [0.15, 0.2) is 47.0 Å². The molecule has 1 N–H and O–H groups in total. The topological polar surface area (TPSA) is 57.6 Å². The maximum Gasteiger partial charge on any atom is 0.294 e. The molecule has 1 aliphatic rings. The van der Waals surface area contributed by atoms with Crippen molar-refractivity contribution in [3.05, 3.63) is 63.0 Å². The summed E-state index contributed by atoms with van der Waals surface area (Å²) in [4.78, 5) is 28.2. The van der Waals surface area contributed by atoms with E-state index in [1.807, 2.05) is 63.4 Å². The zero-order chi connectivity index (χ0) is 19.0. The molecule has 0 aliphatic carbocycles. The Kier molecular flexibility index (Phi) is 5.01. The van der Waals surface area contributed by atoms with E-state index in [4.69, 9.17) is 0 Å². The summed E-state index contributed by atoms with van der Waals surface area (Å²) >= 11 is 1.50. The molecule has 2 aromatic rings.